The lowest BCUT2D eigenvalue weighted by Gasteiger charge is -2.43. The molecule has 2 saturated carbocycles. The van der Waals surface area contributed by atoms with Gasteiger partial charge in [0.2, 0.25) is 0 Å². The summed E-state index contributed by atoms with van der Waals surface area (Å²) in [5.74, 6) is 0.268. The van der Waals surface area contributed by atoms with Crippen molar-refractivity contribution in [2.45, 2.75) is 71.8 Å². The Morgan fingerprint density at radius 1 is 1.21 bits per heavy atom. The van der Waals surface area contributed by atoms with E-state index in [-0.39, 0.29) is 28.6 Å². The van der Waals surface area contributed by atoms with Crippen LogP contribution in [0, 0.1) is 22.6 Å². The molecule has 1 aromatic carbocycles. The third kappa shape index (κ3) is 2.77. The van der Waals surface area contributed by atoms with Crippen LogP contribution in [0.3, 0.4) is 0 Å². The maximum absolute atomic E-state index is 14.5. The van der Waals surface area contributed by atoms with Gasteiger partial charge in [0.05, 0.1) is 0 Å². The topological polar surface area (TPSA) is 46.9 Å². The molecule has 5 heteroatoms. The summed E-state index contributed by atoms with van der Waals surface area (Å²) in [4.78, 5) is 13.4. The monoisotopic (exact) mass is 395 g/mol. The molecular weight excluding hydrogens is 365 g/mol. The van der Waals surface area contributed by atoms with Crippen LogP contribution in [0.4, 0.5) is 4.39 Å². The summed E-state index contributed by atoms with van der Waals surface area (Å²) in [5.41, 5.74) is 3.17. The van der Waals surface area contributed by atoms with E-state index in [1.54, 1.807) is 16.8 Å². The minimum absolute atomic E-state index is 0.0925. The van der Waals surface area contributed by atoms with Gasteiger partial charge < -0.3 is 5.32 Å². The van der Waals surface area contributed by atoms with Crippen molar-refractivity contribution in [3.05, 3.63) is 47.0 Å². The molecule has 1 N–H and O–H groups in total. The maximum atomic E-state index is 14.5. The van der Waals surface area contributed by atoms with Crippen LogP contribution in [-0.4, -0.2) is 21.7 Å². The predicted octanol–water partition coefficient (Wildman–Crippen LogP) is 4.83. The van der Waals surface area contributed by atoms with E-state index >= 15 is 0 Å². The molecule has 2 aromatic rings. The number of nitrogens with zero attached hydrogens (tertiary/aromatic N) is 2. The summed E-state index contributed by atoms with van der Waals surface area (Å²) in [6, 6.07) is 6.83. The van der Waals surface area contributed by atoms with Crippen molar-refractivity contribution in [2.75, 3.05) is 0 Å². The first-order chi connectivity index (χ1) is 13.8. The zero-order chi connectivity index (χ0) is 20.4. The standard InChI is InChI=1S/C24H30FN3O/c1-23(2)15-12-13-24(3,14-15)22(23)26-21(29)20-16-8-4-6-10-18(16)28(27-20)19-11-7-5-9-17(19)25/h5,7,9,11,15,22H,4,6,8,10,12-14H2,1-3H3,(H,26,29). The Bertz CT molecular complexity index is 974. The summed E-state index contributed by atoms with van der Waals surface area (Å²) in [6.07, 6.45) is 7.38. The lowest BCUT2D eigenvalue weighted by Crippen LogP contribution is -2.52. The van der Waals surface area contributed by atoms with Gasteiger partial charge in [0.1, 0.15) is 11.5 Å². The minimum atomic E-state index is -0.308. The van der Waals surface area contributed by atoms with E-state index in [2.05, 4.69) is 31.2 Å². The van der Waals surface area contributed by atoms with Crippen molar-refractivity contribution in [2.24, 2.45) is 16.7 Å². The van der Waals surface area contributed by atoms with E-state index in [0.29, 0.717) is 17.3 Å². The third-order valence-electron chi connectivity index (χ3n) is 8.02. The molecule has 1 aromatic heterocycles. The van der Waals surface area contributed by atoms with Crippen molar-refractivity contribution in [3.8, 4) is 5.69 Å². The highest BCUT2D eigenvalue weighted by Crippen LogP contribution is 2.62. The molecule has 5 rings (SSSR count). The van der Waals surface area contributed by atoms with Gasteiger partial charge in [-0.1, -0.05) is 32.9 Å². The summed E-state index contributed by atoms with van der Waals surface area (Å²) in [5, 5.41) is 8.04. The van der Waals surface area contributed by atoms with Crippen molar-refractivity contribution in [3.63, 3.8) is 0 Å². The normalized spacial score (nSPS) is 29.7. The van der Waals surface area contributed by atoms with Crippen molar-refractivity contribution < 1.29 is 9.18 Å². The number of nitrogens with one attached hydrogen (secondary N) is 1. The molecule has 29 heavy (non-hydrogen) atoms. The number of carbonyl (C=O) groups excluding carboxylic acids is 1. The molecule has 3 atom stereocenters. The lowest BCUT2D eigenvalue weighted by molar-refractivity contribution is 0.0732. The first kappa shape index (κ1) is 18.8. The largest absolute Gasteiger partial charge is 0.347 e. The number of hydrogen-bond donors (Lipinski definition) is 1. The number of carbonyl (C=O) groups is 1. The molecule has 154 valence electrons. The van der Waals surface area contributed by atoms with E-state index < -0.39 is 0 Å². The molecule has 4 nitrogen and oxygen atoms in total. The Morgan fingerprint density at radius 3 is 2.69 bits per heavy atom. The number of hydrogen-bond acceptors (Lipinski definition) is 2. The van der Waals surface area contributed by atoms with E-state index in [9.17, 15) is 9.18 Å². The van der Waals surface area contributed by atoms with Crippen LogP contribution >= 0.6 is 0 Å². The minimum Gasteiger partial charge on any atom is -0.347 e. The molecule has 1 heterocycles. The van der Waals surface area contributed by atoms with Gasteiger partial charge in [-0.25, -0.2) is 9.07 Å². The maximum Gasteiger partial charge on any atom is 0.272 e. The molecule has 0 saturated heterocycles. The Balaban J connectivity index is 1.52. The third-order valence-corrected chi connectivity index (χ3v) is 8.02. The van der Waals surface area contributed by atoms with E-state index in [1.165, 1.54) is 25.3 Å². The molecule has 1 amide bonds. The first-order valence-electron chi connectivity index (χ1n) is 11.0. The van der Waals surface area contributed by atoms with Crippen LogP contribution in [-0.2, 0) is 12.8 Å². The quantitative estimate of drug-likeness (QED) is 0.809. The van der Waals surface area contributed by atoms with Gasteiger partial charge in [0.15, 0.2) is 5.69 Å². The van der Waals surface area contributed by atoms with Crippen molar-refractivity contribution in [1.29, 1.82) is 0 Å². The second-order valence-corrected chi connectivity index (χ2v) is 10.2. The van der Waals surface area contributed by atoms with E-state index in [0.717, 1.165) is 36.9 Å². The Labute approximate surface area is 171 Å². The molecular formula is C24H30FN3O. The molecule has 3 aliphatic carbocycles. The smallest absolute Gasteiger partial charge is 0.272 e. The number of benzene rings is 1. The van der Waals surface area contributed by atoms with Crippen LogP contribution < -0.4 is 5.32 Å². The van der Waals surface area contributed by atoms with Crippen LogP contribution in [0.1, 0.15) is 74.6 Å². The van der Waals surface area contributed by atoms with Crippen LogP contribution in [0.5, 0.6) is 0 Å². The summed E-state index contributed by atoms with van der Waals surface area (Å²) in [7, 11) is 0. The average molecular weight is 396 g/mol. The number of amides is 1. The fourth-order valence-corrected chi connectivity index (χ4v) is 6.47. The highest BCUT2D eigenvalue weighted by molar-refractivity contribution is 5.94. The Kier molecular flexibility index (Phi) is 4.17. The Hall–Kier alpha value is -2.17. The summed E-state index contributed by atoms with van der Waals surface area (Å²) in [6.45, 7) is 6.90. The predicted molar refractivity (Wildman–Crippen MR) is 111 cm³/mol. The highest BCUT2D eigenvalue weighted by Gasteiger charge is 2.59. The van der Waals surface area contributed by atoms with Gasteiger partial charge in [-0.3, -0.25) is 4.79 Å². The van der Waals surface area contributed by atoms with Gasteiger partial charge in [-0.15, -0.1) is 0 Å². The number of para-hydroxylation sites is 1. The van der Waals surface area contributed by atoms with Crippen LogP contribution in [0.2, 0.25) is 0 Å². The van der Waals surface area contributed by atoms with E-state index in [4.69, 9.17) is 0 Å². The number of rotatable bonds is 3. The van der Waals surface area contributed by atoms with Gasteiger partial charge in [-0.2, -0.15) is 5.10 Å². The molecule has 2 fully saturated rings. The number of aromatic nitrogens is 2. The van der Waals surface area contributed by atoms with Crippen molar-refractivity contribution in [1.82, 2.24) is 15.1 Å². The fourth-order valence-electron chi connectivity index (χ4n) is 6.47. The molecule has 2 bridgehead atoms. The zero-order valence-electron chi connectivity index (χ0n) is 17.6. The molecule has 0 aliphatic heterocycles. The highest BCUT2D eigenvalue weighted by atomic mass is 19.1. The lowest BCUT2D eigenvalue weighted by atomic mass is 9.68. The Morgan fingerprint density at radius 2 is 1.97 bits per heavy atom. The van der Waals surface area contributed by atoms with Crippen molar-refractivity contribution >= 4 is 5.91 Å². The van der Waals surface area contributed by atoms with Gasteiger partial charge in [-0.05, 0) is 73.8 Å². The molecule has 3 aliphatic rings. The first-order valence-corrected chi connectivity index (χ1v) is 11.0. The summed E-state index contributed by atoms with van der Waals surface area (Å²) >= 11 is 0. The van der Waals surface area contributed by atoms with Gasteiger partial charge in [0.25, 0.3) is 5.91 Å². The number of halogens is 1. The van der Waals surface area contributed by atoms with Gasteiger partial charge >= 0.3 is 0 Å². The average Bonchev–Trinajstić information content (AvgIpc) is 3.33. The molecule has 0 radical (unpaired) electrons. The van der Waals surface area contributed by atoms with Crippen LogP contribution in [0.15, 0.2) is 24.3 Å². The second kappa shape index (κ2) is 6.41. The molecule has 3 unspecified atom stereocenters. The summed E-state index contributed by atoms with van der Waals surface area (Å²) < 4.78 is 16.1. The number of fused-ring (bicyclic) bond motifs is 3. The van der Waals surface area contributed by atoms with Gasteiger partial charge in [0, 0.05) is 17.3 Å². The zero-order valence-corrected chi connectivity index (χ0v) is 17.6. The molecule has 0 spiro atoms. The SMILES string of the molecule is CC12CCC(C1)C(C)(C)C2NC(=O)c1nn(-c2ccccc2F)c2c1CCCC2. The fraction of sp³-hybridized carbons (Fsp3) is 0.583. The van der Waals surface area contributed by atoms with E-state index in [1.807, 2.05) is 6.07 Å². The van der Waals surface area contributed by atoms with Crippen LogP contribution in [0.25, 0.3) is 5.69 Å². The second-order valence-electron chi connectivity index (χ2n) is 10.2.